The lowest BCUT2D eigenvalue weighted by molar-refractivity contribution is -0.136. The summed E-state index contributed by atoms with van der Waals surface area (Å²) < 4.78 is 11.5. The summed E-state index contributed by atoms with van der Waals surface area (Å²) in [6.45, 7) is 7.46. The maximum absolute atomic E-state index is 10.8. The van der Waals surface area contributed by atoms with Crippen molar-refractivity contribution in [3.05, 3.63) is 77.1 Å². The average Bonchev–Trinajstić information content (AvgIpc) is 2.98. The van der Waals surface area contributed by atoms with Gasteiger partial charge in [-0.15, -0.1) is 0 Å². The predicted molar refractivity (Wildman–Crippen MR) is 161 cm³/mol. The van der Waals surface area contributed by atoms with Crippen LogP contribution in [0.1, 0.15) is 17.5 Å². The third-order valence-electron chi connectivity index (χ3n) is 7.08. The summed E-state index contributed by atoms with van der Waals surface area (Å²) in [5.41, 5.74) is 5.44. The van der Waals surface area contributed by atoms with Crippen LogP contribution in [-0.2, 0) is 16.1 Å². The number of pyridine rings is 2. The van der Waals surface area contributed by atoms with Gasteiger partial charge < -0.3 is 25.2 Å². The molecule has 0 saturated carbocycles. The highest BCUT2D eigenvalue weighted by Crippen LogP contribution is 2.39. The highest BCUT2D eigenvalue weighted by atomic mass is 35.5. The van der Waals surface area contributed by atoms with E-state index in [2.05, 4.69) is 38.5 Å². The van der Waals surface area contributed by atoms with Gasteiger partial charge in [-0.05, 0) is 54.3 Å². The van der Waals surface area contributed by atoms with Gasteiger partial charge in [-0.3, -0.25) is 14.7 Å². The van der Waals surface area contributed by atoms with Gasteiger partial charge in [-0.2, -0.15) is 0 Å². The average molecular weight is 576 g/mol. The van der Waals surface area contributed by atoms with Crippen molar-refractivity contribution in [2.75, 3.05) is 51.3 Å². The Balaban J connectivity index is 1.30. The zero-order valence-electron chi connectivity index (χ0n) is 23.0. The molecule has 0 bridgehead atoms. The lowest BCUT2D eigenvalue weighted by atomic mass is 9.98. The van der Waals surface area contributed by atoms with Crippen LogP contribution in [0.15, 0.2) is 60.9 Å². The second-order valence-electron chi connectivity index (χ2n) is 9.95. The molecule has 0 aliphatic carbocycles. The molecule has 1 aliphatic heterocycles. The summed E-state index contributed by atoms with van der Waals surface area (Å²) in [6.07, 6.45) is 4.39. The smallest absolute Gasteiger partial charge is 0.317 e. The summed E-state index contributed by atoms with van der Waals surface area (Å²) in [7, 11) is 0. The molecule has 214 valence electrons. The first-order valence-electron chi connectivity index (χ1n) is 13.7. The van der Waals surface area contributed by atoms with E-state index in [1.54, 1.807) is 12.4 Å². The zero-order valence-corrected chi connectivity index (χ0v) is 23.8. The minimum Gasteiger partial charge on any atom is -0.492 e. The quantitative estimate of drug-likeness (QED) is 0.194. The number of anilines is 2. The number of fused-ring (bicyclic) bond motifs is 1. The third kappa shape index (κ3) is 7.31. The maximum Gasteiger partial charge on any atom is 0.317 e. The number of carboxylic acids is 1. The third-order valence-corrected chi connectivity index (χ3v) is 7.47. The standard InChI is InChI=1S/C31H34ClN5O4/c1-21-24(25-6-3-8-27(29(25)32)41-14-4-11-37-12-15-40-16-13-37)5-2-7-26(21)36-31-30-23(9-10-34-31)17-22(19-35-30)18-33-20-28(38)39/h2-3,5-10,17,19,33H,4,11-16,18,20H2,1H3,(H,34,36)(H,38,39). The Hall–Kier alpha value is -3.76. The lowest BCUT2D eigenvalue weighted by Gasteiger charge is -2.26. The number of halogens is 1. The number of aliphatic carboxylic acids is 1. The maximum atomic E-state index is 10.8. The Labute approximate surface area is 244 Å². The second kappa shape index (κ2) is 13.7. The van der Waals surface area contributed by atoms with Crippen molar-refractivity contribution in [3.63, 3.8) is 0 Å². The number of benzene rings is 2. The van der Waals surface area contributed by atoms with Crippen LogP contribution in [0, 0.1) is 6.92 Å². The summed E-state index contributed by atoms with van der Waals surface area (Å²) in [4.78, 5) is 22.3. The Morgan fingerprint density at radius 3 is 2.76 bits per heavy atom. The number of nitrogens with one attached hydrogen (secondary N) is 2. The fourth-order valence-electron chi connectivity index (χ4n) is 4.92. The summed E-state index contributed by atoms with van der Waals surface area (Å²) in [5, 5.41) is 16.7. The van der Waals surface area contributed by atoms with Crippen molar-refractivity contribution in [1.29, 1.82) is 0 Å². The first-order valence-corrected chi connectivity index (χ1v) is 14.1. The van der Waals surface area contributed by atoms with Crippen LogP contribution in [-0.4, -0.2) is 71.9 Å². The van der Waals surface area contributed by atoms with Crippen molar-refractivity contribution < 1.29 is 19.4 Å². The summed E-state index contributed by atoms with van der Waals surface area (Å²) >= 11 is 6.87. The molecule has 0 amide bonds. The molecule has 3 heterocycles. The van der Waals surface area contributed by atoms with Gasteiger partial charge in [0.1, 0.15) is 11.3 Å². The van der Waals surface area contributed by atoms with E-state index in [1.807, 2.05) is 42.5 Å². The van der Waals surface area contributed by atoms with E-state index in [-0.39, 0.29) is 6.54 Å². The van der Waals surface area contributed by atoms with Gasteiger partial charge in [0, 0.05) is 55.2 Å². The molecule has 4 aromatic rings. The van der Waals surface area contributed by atoms with E-state index in [0.717, 1.165) is 78.1 Å². The number of hydrogen-bond donors (Lipinski definition) is 3. The summed E-state index contributed by atoms with van der Waals surface area (Å²) in [6, 6.07) is 15.8. The van der Waals surface area contributed by atoms with Crippen molar-refractivity contribution in [2.45, 2.75) is 19.9 Å². The van der Waals surface area contributed by atoms with Crippen molar-refractivity contribution in [2.24, 2.45) is 0 Å². The van der Waals surface area contributed by atoms with Crippen LogP contribution < -0.4 is 15.4 Å². The Morgan fingerprint density at radius 1 is 1.12 bits per heavy atom. The van der Waals surface area contributed by atoms with Crippen LogP contribution in [0.2, 0.25) is 5.02 Å². The number of nitrogens with zero attached hydrogens (tertiary/aromatic N) is 3. The highest BCUT2D eigenvalue weighted by Gasteiger charge is 2.15. The molecular weight excluding hydrogens is 542 g/mol. The number of carbonyl (C=O) groups is 1. The van der Waals surface area contributed by atoms with E-state index in [4.69, 9.17) is 26.2 Å². The van der Waals surface area contributed by atoms with Crippen LogP contribution in [0.25, 0.3) is 22.0 Å². The topological polar surface area (TPSA) is 109 Å². The number of ether oxygens (including phenoxy) is 2. The van der Waals surface area contributed by atoms with E-state index in [9.17, 15) is 4.79 Å². The van der Waals surface area contributed by atoms with E-state index < -0.39 is 5.97 Å². The number of aromatic nitrogens is 2. The van der Waals surface area contributed by atoms with Gasteiger partial charge in [0.2, 0.25) is 0 Å². The molecule has 2 aromatic carbocycles. The number of rotatable bonds is 12. The molecule has 1 aliphatic rings. The van der Waals surface area contributed by atoms with Crippen molar-refractivity contribution >= 4 is 40.0 Å². The van der Waals surface area contributed by atoms with Crippen molar-refractivity contribution in [1.82, 2.24) is 20.2 Å². The van der Waals surface area contributed by atoms with Crippen LogP contribution in [0.4, 0.5) is 11.5 Å². The fourth-order valence-corrected chi connectivity index (χ4v) is 5.21. The molecule has 5 rings (SSSR count). The van der Waals surface area contributed by atoms with Crippen LogP contribution in [0.3, 0.4) is 0 Å². The SMILES string of the molecule is Cc1c(Nc2nccc3cc(CNCC(=O)O)cnc23)cccc1-c1cccc(OCCCN2CCOCC2)c1Cl. The molecule has 0 atom stereocenters. The van der Waals surface area contributed by atoms with E-state index >= 15 is 0 Å². The van der Waals surface area contributed by atoms with Gasteiger partial charge in [-0.25, -0.2) is 4.98 Å². The minimum absolute atomic E-state index is 0.106. The molecule has 0 unspecified atom stereocenters. The van der Waals surface area contributed by atoms with Crippen LogP contribution >= 0.6 is 11.6 Å². The van der Waals surface area contributed by atoms with Gasteiger partial charge >= 0.3 is 5.97 Å². The normalized spacial score (nSPS) is 13.8. The highest BCUT2D eigenvalue weighted by molar-refractivity contribution is 6.34. The monoisotopic (exact) mass is 575 g/mol. The Morgan fingerprint density at radius 2 is 1.93 bits per heavy atom. The molecule has 0 spiro atoms. The van der Waals surface area contributed by atoms with Crippen molar-refractivity contribution in [3.8, 4) is 16.9 Å². The van der Waals surface area contributed by atoms with Gasteiger partial charge in [0.15, 0.2) is 5.82 Å². The second-order valence-corrected chi connectivity index (χ2v) is 10.3. The van der Waals surface area contributed by atoms with Gasteiger partial charge in [0.05, 0.1) is 31.4 Å². The number of hydrogen-bond acceptors (Lipinski definition) is 8. The van der Waals surface area contributed by atoms with Gasteiger partial charge in [-0.1, -0.05) is 35.9 Å². The largest absolute Gasteiger partial charge is 0.492 e. The van der Waals surface area contributed by atoms with E-state index in [0.29, 0.717) is 29.7 Å². The zero-order chi connectivity index (χ0) is 28.6. The Kier molecular flexibility index (Phi) is 9.63. The van der Waals surface area contributed by atoms with Crippen LogP contribution in [0.5, 0.6) is 5.75 Å². The first-order chi connectivity index (χ1) is 20.0. The Bertz CT molecular complexity index is 1510. The van der Waals surface area contributed by atoms with Gasteiger partial charge in [0.25, 0.3) is 0 Å². The first kappa shape index (κ1) is 28.8. The molecule has 1 fully saturated rings. The molecule has 3 N–H and O–H groups in total. The summed E-state index contributed by atoms with van der Waals surface area (Å²) in [5.74, 6) is 0.417. The molecule has 41 heavy (non-hydrogen) atoms. The number of morpholine rings is 1. The molecule has 2 aromatic heterocycles. The molecular formula is C31H34ClN5O4. The lowest BCUT2D eigenvalue weighted by Crippen LogP contribution is -2.37. The minimum atomic E-state index is -0.896. The molecule has 1 saturated heterocycles. The van der Waals surface area contributed by atoms with E-state index in [1.165, 1.54) is 0 Å². The molecule has 0 radical (unpaired) electrons. The molecule has 10 heteroatoms. The predicted octanol–water partition coefficient (Wildman–Crippen LogP) is 5.28. The molecule has 9 nitrogen and oxygen atoms in total. The number of carboxylic acid groups (broad SMARTS) is 1. The fraction of sp³-hybridized carbons (Fsp3) is 0.323.